The highest BCUT2D eigenvalue weighted by Gasteiger charge is 2.30. The van der Waals surface area contributed by atoms with Crippen LogP contribution in [-0.4, -0.2) is 19.1 Å². The number of nitrogens with zero attached hydrogens (tertiary/aromatic N) is 1. The third-order valence-corrected chi connectivity index (χ3v) is 3.76. The fraction of sp³-hybridized carbons (Fsp3) is 0.278. The molecular weight excluding hydrogens is 262 g/mol. The summed E-state index contributed by atoms with van der Waals surface area (Å²) in [6.07, 6.45) is 0.897. The van der Waals surface area contributed by atoms with Gasteiger partial charge in [0, 0.05) is 17.8 Å². The van der Waals surface area contributed by atoms with Gasteiger partial charge in [0.1, 0.15) is 6.10 Å². The Morgan fingerprint density at radius 1 is 1.14 bits per heavy atom. The first-order valence-electron chi connectivity index (χ1n) is 7.39. The van der Waals surface area contributed by atoms with E-state index in [9.17, 15) is 4.79 Å². The zero-order valence-electron chi connectivity index (χ0n) is 12.2. The molecule has 1 unspecified atom stereocenters. The number of anilines is 1. The molecule has 1 heterocycles. The van der Waals surface area contributed by atoms with Crippen molar-refractivity contribution in [3.05, 3.63) is 65.7 Å². The van der Waals surface area contributed by atoms with E-state index < -0.39 is 0 Å². The minimum absolute atomic E-state index is 0.180. The van der Waals surface area contributed by atoms with E-state index in [1.807, 2.05) is 36.4 Å². The molecule has 3 heteroatoms. The highest BCUT2D eigenvalue weighted by atomic mass is 16.5. The third kappa shape index (κ3) is 2.77. The largest absolute Gasteiger partial charge is 0.452 e. The van der Waals surface area contributed by atoms with Gasteiger partial charge in [-0.1, -0.05) is 43.3 Å². The number of carbonyl (C=O) groups excluding carboxylic acids is 1. The van der Waals surface area contributed by atoms with Gasteiger partial charge in [-0.05, 0) is 24.6 Å². The van der Waals surface area contributed by atoms with E-state index in [1.165, 1.54) is 5.69 Å². The summed E-state index contributed by atoms with van der Waals surface area (Å²) >= 11 is 0. The van der Waals surface area contributed by atoms with Crippen LogP contribution in [0.5, 0.6) is 0 Å². The number of esters is 1. The van der Waals surface area contributed by atoms with E-state index in [0.29, 0.717) is 5.56 Å². The Morgan fingerprint density at radius 3 is 2.62 bits per heavy atom. The number of para-hydroxylation sites is 1. The van der Waals surface area contributed by atoms with E-state index in [1.54, 1.807) is 12.1 Å². The number of fused-ring (bicyclic) bond motifs is 1. The lowest BCUT2D eigenvalue weighted by Crippen LogP contribution is -2.24. The normalized spacial score (nSPS) is 16.6. The molecule has 2 aromatic rings. The van der Waals surface area contributed by atoms with Crippen LogP contribution in [-0.2, 0) is 4.74 Å². The molecule has 1 aliphatic rings. The standard InChI is InChI=1S/C18H19NO2/c1-2-12-19-13-17(15-10-6-7-11-16(15)19)21-18(20)14-8-4-3-5-9-14/h3-11,17H,2,12-13H2,1H3. The first-order valence-corrected chi connectivity index (χ1v) is 7.39. The molecule has 3 nitrogen and oxygen atoms in total. The van der Waals surface area contributed by atoms with Gasteiger partial charge in [0.15, 0.2) is 0 Å². The van der Waals surface area contributed by atoms with Crippen LogP contribution < -0.4 is 4.90 Å². The lowest BCUT2D eigenvalue weighted by Gasteiger charge is -2.18. The molecule has 0 N–H and O–H groups in total. The van der Waals surface area contributed by atoms with Crippen molar-refractivity contribution in [3.63, 3.8) is 0 Å². The molecule has 0 saturated heterocycles. The van der Waals surface area contributed by atoms with Gasteiger partial charge in [0.05, 0.1) is 12.1 Å². The van der Waals surface area contributed by atoms with Crippen LogP contribution in [0, 0.1) is 0 Å². The van der Waals surface area contributed by atoms with Crippen LogP contribution in [0.25, 0.3) is 0 Å². The van der Waals surface area contributed by atoms with Gasteiger partial charge in [0.2, 0.25) is 0 Å². The molecule has 0 radical (unpaired) electrons. The van der Waals surface area contributed by atoms with Gasteiger partial charge in [-0.25, -0.2) is 4.79 Å². The predicted octanol–water partition coefficient (Wildman–Crippen LogP) is 3.81. The van der Waals surface area contributed by atoms with Crippen LogP contribution in [0.3, 0.4) is 0 Å². The molecule has 0 amide bonds. The second-order valence-corrected chi connectivity index (χ2v) is 5.26. The first-order chi connectivity index (χ1) is 10.3. The zero-order valence-corrected chi connectivity index (χ0v) is 12.2. The van der Waals surface area contributed by atoms with Crippen molar-refractivity contribution in [2.24, 2.45) is 0 Å². The Hall–Kier alpha value is -2.29. The minimum atomic E-state index is -0.256. The molecular formula is C18H19NO2. The SMILES string of the molecule is CCCN1CC(OC(=O)c2ccccc2)c2ccccc21. The summed E-state index contributed by atoms with van der Waals surface area (Å²) in [6, 6.07) is 17.3. The Bertz CT molecular complexity index is 624. The number of benzene rings is 2. The number of carbonyl (C=O) groups is 1. The van der Waals surface area contributed by atoms with Crippen molar-refractivity contribution >= 4 is 11.7 Å². The van der Waals surface area contributed by atoms with Crippen molar-refractivity contribution in [2.45, 2.75) is 19.4 Å². The van der Waals surface area contributed by atoms with Crippen molar-refractivity contribution in [3.8, 4) is 0 Å². The van der Waals surface area contributed by atoms with Gasteiger partial charge in [-0.15, -0.1) is 0 Å². The van der Waals surface area contributed by atoms with E-state index in [2.05, 4.69) is 17.9 Å². The lowest BCUT2D eigenvalue weighted by atomic mass is 10.1. The van der Waals surface area contributed by atoms with E-state index >= 15 is 0 Å². The summed E-state index contributed by atoms with van der Waals surface area (Å²) in [6.45, 7) is 3.88. The maximum absolute atomic E-state index is 12.2. The van der Waals surface area contributed by atoms with Crippen molar-refractivity contribution < 1.29 is 9.53 Å². The van der Waals surface area contributed by atoms with Gasteiger partial charge < -0.3 is 9.64 Å². The van der Waals surface area contributed by atoms with Gasteiger partial charge in [-0.3, -0.25) is 0 Å². The molecule has 0 bridgehead atoms. The van der Waals surface area contributed by atoms with Crippen molar-refractivity contribution in [1.29, 1.82) is 0 Å². The molecule has 3 rings (SSSR count). The Kier molecular flexibility index (Phi) is 3.91. The van der Waals surface area contributed by atoms with Gasteiger partial charge >= 0.3 is 5.97 Å². The fourth-order valence-electron chi connectivity index (χ4n) is 2.80. The van der Waals surface area contributed by atoms with Crippen LogP contribution in [0.4, 0.5) is 5.69 Å². The summed E-state index contributed by atoms with van der Waals surface area (Å²) in [5.41, 5.74) is 2.89. The fourth-order valence-corrected chi connectivity index (χ4v) is 2.80. The summed E-state index contributed by atoms with van der Waals surface area (Å²) in [4.78, 5) is 14.5. The van der Waals surface area contributed by atoms with Crippen LogP contribution in [0.1, 0.15) is 35.4 Å². The average molecular weight is 281 g/mol. The number of hydrogen-bond donors (Lipinski definition) is 0. The molecule has 1 aliphatic heterocycles. The summed E-state index contributed by atoms with van der Waals surface area (Å²) in [7, 11) is 0. The predicted molar refractivity (Wildman–Crippen MR) is 83.5 cm³/mol. The van der Waals surface area contributed by atoms with E-state index in [-0.39, 0.29) is 12.1 Å². The lowest BCUT2D eigenvalue weighted by molar-refractivity contribution is 0.0331. The maximum Gasteiger partial charge on any atom is 0.338 e. The summed E-state index contributed by atoms with van der Waals surface area (Å²) in [5.74, 6) is -0.256. The highest BCUT2D eigenvalue weighted by molar-refractivity contribution is 5.89. The topological polar surface area (TPSA) is 29.5 Å². The Morgan fingerprint density at radius 2 is 1.86 bits per heavy atom. The third-order valence-electron chi connectivity index (χ3n) is 3.76. The summed E-state index contributed by atoms with van der Waals surface area (Å²) in [5, 5.41) is 0. The summed E-state index contributed by atoms with van der Waals surface area (Å²) < 4.78 is 5.72. The van der Waals surface area contributed by atoms with E-state index in [0.717, 1.165) is 25.1 Å². The Labute approximate surface area is 125 Å². The molecule has 0 saturated carbocycles. The van der Waals surface area contributed by atoms with Crippen molar-refractivity contribution in [2.75, 3.05) is 18.0 Å². The molecule has 21 heavy (non-hydrogen) atoms. The molecule has 1 atom stereocenters. The first kappa shape index (κ1) is 13.7. The smallest absolute Gasteiger partial charge is 0.338 e. The molecule has 0 spiro atoms. The van der Waals surface area contributed by atoms with Gasteiger partial charge in [-0.2, -0.15) is 0 Å². The second kappa shape index (κ2) is 6.00. The molecule has 0 aliphatic carbocycles. The molecule has 2 aromatic carbocycles. The monoisotopic (exact) mass is 281 g/mol. The molecule has 0 fully saturated rings. The number of rotatable bonds is 4. The maximum atomic E-state index is 12.2. The van der Waals surface area contributed by atoms with Crippen LogP contribution in [0.15, 0.2) is 54.6 Å². The van der Waals surface area contributed by atoms with Gasteiger partial charge in [0.25, 0.3) is 0 Å². The highest BCUT2D eigenvalue weighted by Crippen LogP contribution is 2.37. The van der Waals surface area contributed by atoms with Crippen LogP contribution >= 0.6 is 0 Å². The second-order valence-electron chi connectivity index (χ2n) is 5.26. The van der Waals surface area contributed by atoms with Crippen molar-refractivity contribution in [1.82, 2.24) is 0 Å². The average Bonchev–Trinajstić information content (AvgIpc) is 2.87. The minimum Gasteiger partial charge on any atom is -0.452 e. The van der Waals surface area contributed by atoms with Crippen LogP contribution in [0.2, 0.25) is 0 Å². The number of hydrogen-bond acceptors (Lipinski definition) is 3. The molecule has 108 valence electrons. The number of ether oxygens (including phenoxy) is 1. The quantitative estimate of drug-likeness (QED) is 0.798. The Balaban J connectivity index is 1.79. The zero-order chi connectivity index (χ0) is 14.7. The molecule has 0 aromatic heterocycles. The van der Waals surface area contributed by atoms with E-state index in [4.69, 9.17) is 4.74 Å².